The van der Waals surface area contributed by atoms with E-state index in [2.05, 4.69) is 82.0 Å². The zero-order valence-corrected chi connectivity index (χ0v) is 17.1. The molecule has 0 unspecified atom stereocenters. The molecule has 0 saturated heterocycles. The summed E-state index contributed by atoms with van der Waals surface area (Å²) < 4.78 is 6.81. The van der Waals surface area contributed by atoms with E-state index in [1.165, 1.54) is 10.4 Å². The Labute approximate surface area is 159 Å². The zero-order valence-electron chi connectivity index (χ0n) is 16.1. The second-order valence-electron chi connectivity index (χ2n) is 7.62. The van der Waals surface area contributed by atoms with E-state index in [1.54, 1.807) is 0 Å². The number of allylic oxidation sites excluding steroid dienone is 1. The Morgan fingerprint density at radius 2 is 1.54 bits per heavy atom. The third kappa shape index (κ3) is 4.33. The molecule has 0 aliphatic heterocycles. The molecule has 0 heterocycles. The van der Waals surface area contributed by atoms with Crippen LogP contribution in [-0.4, -0.2) is 14.4 Å². The van der Waals surface area contributed by atoms with Crippen LogP contribution in [0.1, 0.15) is 40.0 Å². The summed E-state index contributed by atoms with van der Waals surface area (Å²) in [4.78, 5) is 0. The first-order valence-corrected chi connectivity index (χ1v) is 11.2. The van der Waals surface area contributed by atoms with Gasteiger partial charge in [0.05, 0.1) is 6.07 Å². The lowest BCUT2D eigenvalue weighted by Gasteiger charge is -2.44. The van der Waals surface area contributed by atoms with Crippen molar-refractivity contribution >= 4 is 18.7 Å². The second kappa shape index (κ2) is 8.98. The third-order valence-electron chi connectivity index (χ3n) is 4.75. The maximum Gasteiger partial charge on any atom is 0.262 e. The van der Waals surface area contributed by atoms with Crippen molar-refractivity contribution in [1.29, 1.82) is 5.26 Å². The number of nitrogens with zero attached hydrogens (tertiary/aromatic N) is 1. The van der Waals surface area contributed by atoms with E-state index in [9.17, 15) is 5.26 Å². The highest BCUT2D eigenvalue weighted by atomic mass is 28.4. The highest BCUT2D eigenvalue weighted by molar-refractivity contribution is 6.99. The lowest BCUT2D eigenvalue weighted by molar-refractivity contribution is 0.226. The number of nitriles is 1. The molecule has 0 aromatic heterocycles. The van der Waals surface area contributed by atoms with Crippen molar-refractivity contribution in [2.45, 2.75) is 51.2 Å². The van der Waals surface area contributed by atoms with Gasteiger partial charge in [0.25, 0.3) is 8.32 Å². The van der Waals surface area contributed by atoms with Gasteiger partial charge in [0.2, 0.25) is 0 Å². The summed E-state index contributed by atoms with van der Waals surface area (Å²) >= 11 is 0. The largest absolute Gasteiger partial charge is 0.392 e. The molecule has 2 aromatic carbocycles. The first kappa shape index (κ1) is 20.2. The topological polar surface area (TPSA) is 33.0 Å². The molecule has 0 aliphatic rings. The van der Waals surface area contributed by atoms with Crippen LogP contribution in [0.4, 0.5) is 0 Å². The molecule has 2 nitrogen and oxygen atoms in total. The van der Waals surface area contributed by atoms with Crippen molar-refractivity contribution < 1.29 is 4.43 Å². The van der Waals surface area contributed by atoms with E-state index in [-0.39, 0.29) is 5.04 Å². The fraction of sp³-hybridized carbons (Fsp3) is 0.348. The Morgan fingerprint density at radius 1 is 1.04 bits per heavy atom. The van der Waals surface area contributed by atoms with Crippen LogP contribution >= 0.6 is 0 Å². The van der Waals surface area contributed by atoms with Crippen LogP contribution in [0.5, 0.6) is 0 Å². The molecule has 136 valence electrons. The summed E-state index contributed by atoms with van der Waals surface area (Å²) in [6, 6.07) is 23.3. The van der Waals surface area contributed by atoms with Gasteiger partial charge in [-0.15, -0.1) is 6.58 Å². The van der Waals surface area contributed by atoms with Crippen molar-refractivity contribution in [3.63, 3.8) is 0 Å². The minimum absolute atomic E-state index is 0.108. The average molecular weight is 364 g/mol. The van der Waals surface area contributed by atoms with E-state index < -0.39 is 14.4 Å². The predicted molar refractivity (Wildman–Crippen MR) is 112 cm³/mol. The quantitative estimate of drug-likeness (QED) is 0.383. The first-order chi connectivity index (χ1) is 12.5. The van der Waals surface area contributed by atoms with E-state index in [1.807, 2.05) is 18.2 Å². The van der Waals surface area contributed by atoms with Gasteiger partial charge >= 0.3 is 0 Å². The van der Waals surface area contributed by atoms with Crippen LogP contribution in [0.15, 0.2) is 73.3 Å². The molecule has 0 fully saturated rings. The van der Waals surface area contributed by atoms with Crippen molar-refractivity contribution in [2.24, 2.45) is 0 Å². The summed E-state index contributed by atoms with van der Waals surface area (Å²) in [5.41, 5.74) is 0. The van der Waals surface area contributed by atoms with Gasteiger partial charge in [0.1, 0.15) is 6.10 Å². The first-order valence-electron chi connectivity index (χ1n) is 9.25. The second-order valence-corrected chi connectivity index (χ2v) is 11.9. The SMILES string of the molecule is C=CCCC[C@@H](C#N)O[Si](c1ccccc1)(c1ccccc1)C(C)(C)C. The summed E-state index contributed by atoms with van der Waals surface area (Å²) in [5.74, 6) is 0. The number of hydrogen-bond donors (Lipinski definition) is 0. The smallest absolute Gasteiger partial charge is 0.262 e. The number of rotatable bonds is 8. The predicted octanol–water partition coefficient (Wildman–Crippen LogP) is 4.81. The highest BCUT2D eigenvalue weighted by Gasteiger charge is 2.51. The van der Waals surface area contributed by atoms with Crippen LogP contribution < -0.4 is 10.4 Å². The number of unbranched alkanes of at least 4 members (excludes halogenated alkanes) is 1. The van der Waals surface area contributed by atoms with Crippen molar-refractivity contribution in [3.8, 4) is 6.07 Å². The molecule has 26 heavy (non-hydrogen) atoms. The van der Waals surface area contributed by atoms with Crippen LogP contribution in [0.3, 0.4) is 0 Å². The normalized spacial score (nSPS) is 13.0. The fourth-order valence-corrected chi connectivity index (χ4v) is 8.11. The van der Waals surface area contributed by atoms with Gasteiger partial charge < -0.3 is 4.43 Å². The van der Waals surface area contributed by atoms with Gasteiger partial charge in [-0.05, 0) is 34.7 Å². The monoisotopic (exact) mass is 363 g/mol. The van der Waals surface area contributed by atoms with Crippen molar-refractivity contribution in [2.75, 3.05) is 0 Å². The minimum atomic E-state index is -2.64. The Morgan fingerprint density at radius 3 is 1.92 bits per heavy atom. The molecule has 3 heteroatoms. The molecule has 0 bridgehead atoms. The van der Waals surface area contributed by atoms with Gasteiger partial charge in [-0.25, -0.2) is 0 Å². The van der Waals surface area contributed by atoms with E-state index in [0.29, 0.717) is 0 Å². The maximum atomic E-state index is 9.77. The lowest BCUT2D eigenvalue weighted by Crippen LogP contribution is -2.67. The van der Waals surface area contributed by atoms with Gasteiger partial charge in [-0.3, -0.25) is 0 Å². The van der Waals surface area contributed by atoms with E-state index in [0.717, 1.165) is 19.3 Å². The van der Waals surface area contributed by atoms with Crippen LogP contribution in [0, 0.1) is 11.3 Å². The molecule has 2 aromatic rings. The maximum absolute atomic E-state index is 9.77. The van der Waals surface area contributed by atoms with Gasteiger partial charge in [-0.2, -0.15) is 5.26 Å². The number of benzene rings is 2. The Kier molecular flexibility index (Phi) is 6.96. The Balaban J connectivity index is 2.57. The molecule has 0 N–H and O–H groups in total. The number of hydrogen-bond acceptors (Lipinski definition) is 2. The molecule has 2 rings (SSSR count). The summed E-state index contributed by atoms with van der Waals surface area (Å²) in [5, 5.41) is 12.1. The van der Waals surface area contributed by atoms with Gasteiger partial charge in [0, 0.05) is 0 Å². The molecular formula is C23H29NOSi. The zero-order chi connectivity index (χ0) is 19.0. The van der Waals surface area contributed by atoms with Gasteiger partial charge in [-0.1, -0.05) is 87.5 Å². The Bertz CT molecular complexity index is 689. The lowest BCUT2D eigenvalue weighted by atomic mass is 10.2. The van der Waals surface area contributed by atoms with E-state index >= 15 is 0 Å². The summed E-state index contributed by atoms with van der Waals surface area (Å²) in [7, 11) is -2.64. The molecule has 0 spiro atoms. The summed E-state index contributed by atoms with van der Waals surface area (Å²) in [6.45, 7) is 10.5. The standard InChI is InChI=1S/C23H29NOSi/c1-5-6-9-14-20(19-24)25-26(23(2,3)4,21-15-10-7-11-16-21)22-17-12-8-13-18-22/h5,7-8,10-13,15-18,20H,1,6,9,14H2,2-4H3/t20-/m0/s1. The van der Waals surface area contributed by atoms with E-state index in [4.69, 9.17) is 4.43 Å². The van der Waals surface area contributed by atoms with Crippen molar-refractivity contribution in [1.82, 2.24) is 0 Å². The van der Waals surface area contributed by atoms with Crippen molar-refractivity contribution in [3.05, 3.63) is 73.3 Å². The Hall–Kier alpha value is -2.15. The molecule has 0 aliphatic carbocycles. The molecule has 0 saturated carbocycles. The molecule has 0 radical (unpaired) electrons. The minimum Gasteiger partial charge on any atom is -0.392 e. The summed E-state index contributed by atoms with van der Waals surface area (Å²) in [6.07, 6.45) is 4.04. The van der Waals surface area contributed by atoms with Crippen LogP contribution in [0.25, 0.3) is 0 Å². The van der Waals surface area contributed by atoms with Gasteiger partial charge in [0.15, 0.2) is 0 Å². The molecule has 1 atom stereocenters. The fourth-order valence-electron chi connectivity index (χ4n) is 3.50. The van der Waals surface area contributed by atoms with Crippen LogP contribution in [0.2, 0.25) is 5.04 Å². The van der Waals surface area contributed by atoms with Crippen LogP contribution in [-0.2, 0) is 4.43 Å². The average Bonchev–Trinajstić information content (AvgIpc) is 2.65. The third-order valence-corrected chi connectivity index (χ3v) is 9.80. The highest BCUT2D eigenvalue weighted by Crippen LogP contribution is 2.37. The molecular weight excluding hydrogens is 334 g/mol. The molecule has 0 amide bonds.